The number of halogens is 1. The second-order valence-corrected chi connectivity index (χ2v) is 6.71. The molecule has 5 heteroatoms. The monoisotopic (exact) mass is 314 g/mol. The highest BCUT2D eigenvalue weighted by molar-refractivity contribution is 6.31. The van der Waals surface area contributed by atoms with Gasteiger partial charge in [-0.1, -0.05) is 18.5 Å². The fourth-order valence-electron chi connectivity index (χ4n) is 3.36. The lowest BCUT2D eigenvalue weighted by Crippen LogP contribution is -2.48. The molecule has 1 saturated carbocycles. The van der Waals surface area contributed by atoms with Crippen molar-refractivity contribution in [1.82, 2.24) is 9.78 Å². The molecule has 1 aromatic rings. The van der Waals surface area contributed by atoms with Gasteiger partial charge in [-0.05, 0) is 45.4 Å². The first-order valence-corrected chi connectivity index (χ1v) is 8.26. The second kappa shape index (κ2) is 6.67. The normalized spacial score (nSPS) is 27.8. The second-order valence-electron chi connectivity index (χ2n) is 6.33. The molecule has 120 valence electrons. The van der Waals surface area contributed by atoms with E-state index in [1.54, 1.807) is 7.11 Å². The molecule has 21 heavy (non-hydrogen) atoms. The summed E-state index contributed by atoms with van der Waals surface area (Å²) in [5, 5.41) is 15.9. The summed E-state index contributed by atoms with van der Waals surface area (Å²) in [6.07, 6.45) is 3.96. The number of rotatable bonds is 5. The van der Waals surface area contributed by atoms with Gasteiger partial charge >= 0.3 is 0 Å². The lowest BCUT2D eigenvalue weighted by atomic mass is 9.75. The van der Waals surface area contributed by atoms with E-state index in [0.717, 1.165) is 43.6 Å². The standard InChI is InChI=1S/C16H27ClN2O2/c1-5-19-13(15(17)12(3)18-19)10-14(20)16(21-4)8-6-11(2)7-9-16/h11,14,20H,5-10H2,1-4H3. The van der Waals surface area contributed by atoms with Gasteiger partial charge in [-0.2, -0.15) is 5.10 Å². The van der Waals surface area contributed by atoms with Crippen LogP contribution in [0.5, 0.6) is 0 Å². The topological polar surface area (TPSA) is 47.3 Å². The van der Waals surface area contributed by atoms with Gasteiger partial charge in [-0.15, -0.1) is 0 Å². The molecule has 0 aromatic carbocycles. The summed E-state index contributed by atoms with van der Waals surface area (Å²) in [7, 11) is 1.71. The highest BCUT2D eigenvalue weighted by Crippen LogP contribution is 2.38. The molecule has 1 aliphatic carbocycles. The molecule has 1 heterocycles. The number of hydrogen-bond acceptors (Lipinski definition) is 3. The largest absolute Gasteiger partial charge is 0.390 e. The zero-order chi connectivity index (χ0) is 15.6. The van der Waals surface area contributed by atoms with Gasteiger partial charge in [0, 0.05) is 20.1 Å². The third kappa shape index (κ3) is 3.27. The average Bonchev–Trinajstić information content (AvgIpc) is 2.76. The lowest BCUT2D eigenvalue weighted by Gasteiger charge is -2.41. The summed E-state index contributed by atoms with van der Waals surface area (Å²) in [6, 6.07) is 0. The van der Waals surface area contributed by atoms with E-state index in [4.69, 9.17) is 16.3 Å². The molecule has 1 fully saturated rings. The Bertz CT molecular complexity index is 479. The molecular weight excluding hydrogens is 288 g/mol. The Kier molecular flexibility index (Phi) is 5.33. The van der Waals surface area contributed by atoms with Gasteiger partial charge < -0.3 is 9.84 Å². The molecule has 2 rings (SSSR count). The lowest BCUT2D eigenvalue weighted by molar-refractivity contribution is -0.127. The molecule has 0 bridgehead atoms. The molecule has 0 amide bonds. The predicted molar refractivity (Wildman–Crippen MR) is 84.7 cm³/mol. The van der Waals surface area contributed by atoms with Crippen LogP contribution in [0.1, 0.15) is 50.9 Å². The van der Waals surface area contributed by atoms with Crippen molar-refractivity contribution in [3.63, 3.8) is 0 Å². The number of hydrogen-bond donors (Lipinski definition) is 1. The van der Waals surface area contributed by atoms with Gasteiger partial charge in [0.15, 0.2) is 0 Å². The Balaban J connectivity index is 2.18. The smallest absolute Gasteiger partial charge is 0.0940 e. The SMILES string of the molecule is CCn1nc(C)c(Cl)c1CC(O)C1(OC)CCC(C)CC1. The maximum absolute atomic E-state index is 10.8. The van der Waals surface area contributed by atoms with Crippen LogP contribution in [0.4, 0.5) is 0 Å². The molecule has 1 N–H and O–H groups in total. The van der Waals surface area contributed by atoms with Crippen LogP contribution in [0.2, 0.25) is 5.02 Å². The van der Waals surface area contributed by atoms with Crippen LogP contribution in [0.3, 0.4) is 0 Å². The van der Waals surface area contributed by atoms with Gasteiger partial charge in [0.05, 0.1) is 28.1 Å². The molecule has 0 spiro atoms. The van der Waals surface area contributed by atoms with Crippen LogP contribution in [0.25, 0.3) is 0 Å². The third-order valence-electron chi connectivity index (χ3n) is 4.97. The minimum Gasteiger partial charge on any atom is -0.390 e. The maximum Gasteiger partial charge on any atom is 0.0940 e. The highest BCUT2D eigenvalue weighted by Gasteiger charge is 2.41. The Labute approximate surface area is 132 Å². The molecule has 1 unspecified atom stereocenters. The van der Waals surface area contributed by atoms with Crippen LogP contribution in [-0.4, -0.2) is 33.7 Å². The van der Waals surface area contributed by atoms with Gasteiger partial charge in [-0.25, -0.2) is 0 Å². The van der Waals surface area contributed by atoms with E-state index >= 15 is 0 Å². The molecule has 1 aromatic heterocycles. The summed E-state index contributed by atoms with van der Waals surface area (Å²) >= 11 is 6.35. The van der Waals surface area contributed by atoms with Crippen molar-refractivity contribution in [2.24, 2.45) is 5.92 Å². The van der Waals surface area contributed by atoms with Crippen LogP contribution in [0, 0.1) is 12.8 Å². The molecular formula is C16H27ClN2O2. The van der Waals surface area contributed by atoms with Gasteiger partial charge in [-0.3, -0.25) is 4.68 Å². The summed E-state index contributed by atoms with van der Waals surface area (Å²) in [5.74, 6) is 0.715. The van der Waals surface area contributed by atoms with Crippen LogP contribution in [-0.2, 0) is 17.7 Å². The Morgan fingerprint density at radius 3 is 2.62 bits per heavy atom. The van der Waals surface area contributed by atoms with E-state index in [2.05, 4.69) is 12.0 Å². The molecule has 1 aliphatic rings. The number of methoxy groups -OCH3 is 1. The summed E-state index contributed by atoms with van der Waals surface area (Å²) in [6.45, 7) is 6.96. The minimum absolute atomic E-state index is 0.438. The zero-order valence-corrected chi connectivity index (χ0v) is 14.3. The molecule has 0 saturated heterocycles. The number of aryl methyl sites for hydroxylation is 2. The van der Waals surface area contributed by atoms with Crippen LogP contribution >= 0.6 is 11.6 Å². The quantitative estimate of drug-likeness (QED) is 0.906. The Morgan fingerprint density at radius 2 is 2.10 bits per heavy atom. The number of aromatic nitrogens is 2. The molecule has 0 aliphatic heterocycles. The first-order valence-electron chi connectivity index (χ1n) is 7.88. The van der Waals surface area contributed by atoms with E-state index in [0.29, 0.717) is 17.4 Å². The van der Waals surface area contributed by atoms with Crippen molar-refractivity contribution in [2.45, 2.75) is 71.1 Å². The number of aliphatic hydroxyl groups is 1. The van der Waals surface area contributed by atoms with Crippen molar-refractivity contribution in [3.05, 3.63) is 16.4 Å². The van der Waals surface area contributed by atoms with Gasteiger partial charge in [0.1, 0.15) is 0 Å². The van der Waals surface area contributed by atoms with Crippen molar-refractivity contribution in [3.8, 4) is 0 Å². The summed E-state index contributed by atoms with van der Waals surface area (Å²) in [5.41, 5.74) is 1.30. The first kappa shape index (κ1) is 16.8. The minimum atomic E-state index is -0.547. The van der Waals surface area contributed by atoms with E-state index in [9.17, 15) is 5.11 Å². The van der Waals surface area contributed by atoms with Crippen LogP contribution in [0.15, 0.2) is 0 Å². The maximum atomic E-state index is 10.8. The number of aliphatic hydroxyl groups excluding tert-OH is 1. The van der Waals surface area contributed by atoms with Crippen molar-refractivity contribution in [1.29, 1.82) is 0 Å². The van der Waals surface area contributed by atoms with Crippen molar-refractivity contribution in [2.75, 3.05) is 7.11 Å². The third-order valence-corrected chi connectivity index (χ3v) is 5.47. The average molecular weight is 315 g/mol. The van der Waals surface area contributed by atoms with E-state index in [1.807, 2.05) is 18.5 Å². The van der Waals surface area contributed by atoms with E-state index < -0.39 is 11.7 Å². The first-order chi connectivity index (χ1) is 9.93. The molecule has 0 radical (unpaired) electrons. The summed E-state index contributed by atoms with van der Waals surface area (Å²) < 4.78 is 7.64. The fraction of sp³-hybridized carbons (Fsp3) is 0.812. The van der Waals surface area contributed by atoms with Crippen LogP contribution < -0.4 is 0 Å². The summed E-state index contributed by atoms with van der Waals surface area (Å²) in [4.78, 5) is 0. The Hall–Kier alpha value is -0.580. The molecule has 1 atom stereocenters. The number of nitrogens with zero attached hydrogens (tertiary/aromatic N) is 2. The van der Waals surface area contributed by atoms with Gasteiger partial charge in [0.25, 0.3) is 0 Å². The van der Waals surface area contributed by atoms with Gasteiger partial charge in [0.2, 0.25) is 0 Å². The van der Waals surface area contributed by atoms with E-state index in [1.165, 1.54) is 0 Å². The Morgan fingerprint density at radius 1 is 1.48 bits per heavy atom. The highest BCUT2D eigenvalue weighted by atomic mass is 35.5. The molecule has 4 nitrogen and oxygen atoms in total. The zero-order valence-electron chi connectivity index (χ0n) is 13.5. The predicted octanol–water partition coefficient (Wildman–Crippen LogP) is 3.36. The van der Waals surface area contributed by atoms with Crippen molar-refractivity contribution >= 4 is 11.6 Å². The van der Waals surface area contributed by atoms with E-state index in [-0.39, 0.29) is 0 Å². The van der Waals surface area contributed by atoms with Crippen molar-refractivity contribution < 1.29 is 9.84 Å². The fourth-order valence-corrected chi connectivity index (χ4v) is 3.57. The number of ether oxygens (including phenoxy) is 1.